The van der Waals surface area contributed by atoms with Crippen LogP contribution in [0.15, 0.2) is 29.8 Å². The normalized spacial score (nSPS) is 10.5. The Hall–Kier alpha value is -2.61. The molecule has 5 nitrogen and oxygen atoms in total. The van der Waals surface area contributed by atoms with Gasteiger partial charge in [-0.15, -0.1) is 0 Å². The van der Waals surface area contributed by atoms with Crippen LogP contribution in [0.2, 0.25) is 0 Å². The van der Waals surface area contributed by atoms with Gasteiger partial charge in [-0.3, -0.25) is 0 Å². The van der Waals surface area contributed by atoms with Crippen LogP contribution < -0.4 is 0 Å². The fourth-order valence-corrected chi connectivity index (χ4v) is 1.22. The van der Waals surface area contributed by atoms with Gasteiger partial charge in [0.05, 0.1) is 12.7 Å². The van der Waals surface area contributed by atoms with Crippen LogP contribution in [0, 0.1) is 11.3 Å². The topological polar surface area (TPSA) is 87.4 Å². The minimum atomic E-state index is -1.13. The molecule has 86 valence electrons. The smallest absolute Gasteiger partial charge is 0.348 e. The average molecular weight is 231 g/mol. The molecule has 0 aromatic heterocycles. The van der Waals surface area contributed by atoms with E-state index in [2.05, 4.69) is 4.74 Å². The van der Waals surface area contributed by atoms with Crippen molar-refractivity contribution in [3.8, 4) is 6.07 Å². The summed E-state index contributed by atoms with van der Waals surface area (Å²) in [6.07, 6.45) is 1.19. The predicted octanol–water partition coefficient (Wildman–Crippen LogP) is 1.46. The first-order chi connectivity index (χ1) is 8.10. The SMILES string of the molecule is COC(=O)/C(C#N)=C/c1ccccc1C(=O)O. The van der Waals surface area contributed by atoms with Crippen LogP contribution in [0.3, 0.4) is 0 Å². The first-order valence-electron chi connectivity index (χ1n) is 4.62. The maximum atomic E-state index is 11.2. The van der Waals surface area contributed by atoms with Gasteiger partial charge in [0.15, 0.2) is 0 Å². The van der Waals surface area contributed by atoms with Crippen molar-refractivity contribution in [2.75, 3.05) is 7.11 Å². The van der Waals surface area contributed by atoms with E-state index in [1.54, 1.807) is 18.2 Å². The van der Waals surface area contributed by atoms with E-state index >= 15 is 0 Å². The van der Waals surface area contributed by atoms with Crippen molar-refractivity contribution in [1.82, 2.24) is 0 Å². The molecule has 0 spiro atoms. The number of esters is 1. The summed E-state index contributed by atoms with van der Waals surface area (Å²) < 4.78 is 4.40. The molecular formula is C12H9NO4. The number of hydrogen-bond donors (Lipinski definition) is 1. The van der Waals surface area contributed by atoms with Crippen molar-refractivity contribution in [3.63, 3.8) is 0 Å². The molecule has 17 heavy (non-hydrogen) atoms. The number of benzene rings is 1. The number of nitrogens with zero attached hydrogens (tertiary/aromatic N) is 1. The third kappa shape index (κ3) is 2.92. The van der Waals surface area contributed by atoms with E-state index in [-0.39, 0.29) is 16.7 Å². The van der Waals surface area contributed by atoms with E-state index in [0.29, 0.717) is 0 Å². The third-order valence-corrected chi connectivity index (χ3v) is 2.02. The van der Waals surface area contributed by atoms with Crippen molar-refractivity contribution in [3.05, 3.63) is 41.0 Å². The van der Waals surface area contributed by atoms with Gasteiger partial charge in [0.2, 0.25) is 0 Å². The molecule has 0 unspecified atom stereocenters. The Morgan fingerprint density at radius 2 is 2.06 bits per heavy atom. The summed E-state index contributed by atoms with van der Waals surface area (Å²) in [5, 5.41) is 17.7. The van der Waals surface area contributed by atoms with Gasteiger partial charge in [-0.25, -0.2) is 9.59 Å². The highest BCUT2D eigenvalue weighted by Gasteiger charge is 2.12. The van der Waals surface area contributed by atoms with E-state index in [4.69, 9.17) is 10.4 Å². The number of carboxylic acid groups (broad SMARTS) is 1. The second-order valence-electron chi connectivity index (χ2n) is 3.05. The molecule has 0 fully saturated rings. The number of nitriles is 1. The van der Waals surface area contributed by atoms with E-state index in [1.165, 1.54) is 18.2 Å². The predicted molar refractivity (Wildman–Crippen MR) is 59.0 cm³/mol. The molecule has 1 rings (SSSR count). The molecule has 0 heterocycles. The fourth-order valence-electron chi connectivity index (χ4n) is 1.22. The molecular weight excluding hydrogens is 222 g/mol. The molecule has 0 aliphatic carbocycles. The fraction of sp³-hybridized carbons (Fsp3) is 0.0833. The number of hydrogen-bond acceptors (Lipinski definition) is 4. The highest BCUT2D eigenvalue weighted by molar-refractivity contribution is 6.00. The first kappa shape index (κ1) is 12.5. The van der Waals surface area contributed by atoms with Crippen LogP contribution in [0.5, 0.6) is 0 Å². The number of carboxylic acids is 1. The highest BCUT2D eigenvalue weighted by atomic mass is 16.5. The lowest BCUT2D eigenvalue weighted by atomic mass is 10.1. The molecule has 0 radical (unpaired) electrons. The van der Waals surface area contributed by atoms with Gasteiger partial charge < -0.3 is 9.84 Å². The Morgan fingerprint density at radius 1 is 1.41 bits per heavy atom. The van der Waals surface area contributed by atoms with E-state index in [0.717, 1.165) is 7.11 Å². The van der Waals surface area contributed by atoms with Crippen LogP contribution in [-0.2, 0) is 9.53 Å². The zero-order valence-electron chi connectivity index (χ0n) is 9.01. The second kappa shape index (κ2) is 5.47. The van der Waals surface area contributed by atoms with Gasteiger partial charge in [-0.1, -0.05) is 18.2 Å². The molecule has 1 N–H and O–H groups in total. The highest BCUT2D eigenvalue weighted by Crippen LogP contribution is 2.13. The monoisotopic (exact) mass is 231 g/mol. The Bertz CT molecular complexity index is 526. The number of methoxy groups -OCH3 is 1. The number of carbonyl (C=O) groups is 2. The maximum Gasteiger partial charge on any atom is 0.348 e. The van der Waals surface area contributed by atoms with Crippen LogP contribution in [0.25, 0.3) is 6.08 Å². The second-order valence-corrected chi connectivity index (χ2v) is 3.05. The summed E-state index contributed by atoms with van der Waals surface area (Å²) in [5.74, 6) is -1.92. The van der Waals surface area contributed by atoms with Crippen LogP contribution in [-0.4, -0.2) is 24.2 Å². The Kier molecular flexibility index (Phi) is 4.01. The number of carbonyl (C=O) groups excluding carboxylic acids is 1. The van der Waals surface area contributed by atoms with E-state index < -0.39 is 11.9 Å². The molecule has 0 saturated heterocycles. The Labute approximate surface area is 97.6 Å². The lowest BCUT2D eigenvalue weighted by Gasteiger charge is -2.01. The Balaban J connectivity index is 3.26. The van der Waals surface area contributed by atoms with Gasteiger partial charge in [0, 0.05) is 0 Å². The number of ether oxygens (including phenoxy) is 1. The number of aromatic carboxylic acids is 1. The molecule has 0 bridgehead atoms. The van der Waals surface area contributed by atoms with Crippen LogP contribution in [0.1, 0.15) is 15.9 Å². The van der Waals surface area contributed by atoms with Crippen molar-refractivity contribution < 1.29 is 19.4 Å². The minimum Gasteiger partial charge on any atom is -0.478 e. The number of rotatable bonds is 3. The molecule has 1 aromatic rings. The van der Waals surface area contributed by atoms with E-state index in [1.807, 2.05) is 0 Å². The lowest BCUT2D eigenvalue weighted by molar-refractivity contribution is -0.135. The molecule has 0 saturated carbocycles. The molecule has 0 amide bonds. The minimum absolute atomic E-state index is 0.0177. The quantitative estimate of drug-likeness (QED) is 0.483. The maximum absolute atomic E-state index is 11.2. The molecule has 0 aliphatic heterocycles. The van der Waals surface area contributed by atoms with Crippen molar-refractivity contribution in [2.24, 2.45) is 0 Å². The summed E-state index contributed by atoms with van der Waals surface area (Å²) >= 11 is 0. The van der Waals surface area contributed by atoms with Crippen molar-refractivity contribution >= 4 is 18.0 Å². The largest absolute Gasteiger partial charge is 0.478 e. The van der Waals surface area contributed by atoms with Gasteiger partial charge >= 0.3 is 11.9 Å². The van der Waals surface area contributed by atoms with Crippen molar-refractivity contribution in [2.45, 2.75) is 0 Å². The first-order valence-corrected chi connectivity index (χ1v) is 4.62. The molecule has 5 heteroatoms. The summed E-state index contributed by atoms with van der Waals surface area (Å²) in [7, 11) is 1.15. The standard InChI is InChI=1S/C12H9NO4/c1-17-12(16)9(7-13)6-8-4-2-3-5-10(8)11(14)15/h2-6H,1H3,(H,14,15)/b9-6+. The summed E-state index contributed by atoms with van der Waals surface area (Å²) in [6, 6.07) is 7.73. The van der Waals surface area contributed by atoms with Gasteiger partial charge in [-0.2, -0.15) is 5.26 Å². The summed E-state index contributed by atoms with van der Waals surface area (Å²) in [6.45, 7) is 0. The average Bonchev–Trinajstić information content (AvgIpc) is 2.35. The zero-order chi connectivity index (χ0) is 12.8. The molecule has 1 aromatic carbocycles. The van der Waals surface area contributed by atoms with Crippen molar-refractivity contribution in [1.29, 1.82) is 5.26 Å². The van der Waals surface area contributed by atoms with Crippen LogP contribution >= 0.6 is 0 Å². The Morgan fingerprint density at radius 3 is 2.59 bits per heavy atom. The van der Waals surface area contributed by atoms with Gasteiger partial charge in [0.25, 0.3) is 0 Å². The summed E-state index contributed by atoms with van der Waals surface area (Å²) in [5.41, 5.74) is 0.0484. The van der Waals surface area contributed by atoms with Gasteiger partial charge in [-0.05, 0) is 17.7 Å². The van der Waals surface area contributed by atoms with E-state index in [9.17, 15) is 9.59 Å². The van der Waals surface area contributed by atoms with Crippen LogP contribution in [0.4, 0.5) is 0 Å². The lowest BCUT2D eigenvalue weighted by Crippen LogP contribution is -2.04. The van der Waals surface area contributed by atoms with Gasteiger partial charge in [0.1, 0.15) is 11.6 Å². The molecule has 0 atom stereocenters. The summed E-state index contributed by atoms with van der Waals surface area (Å²) in [4.78, 5) is 22.1. The zero-order valence-corrected chi connectivity index (χ0v) is 9.01. The third-order valence-electron chi connectivity index (χ3n) is 2.02. The molecule has 0 aliphatic rings.